The first-order valence-electron chi connectivity index (χ1n) is 21.7. The summed E-state index contributed by atoms with van der Waals surface area (Å²) in [7, 11) is -11.0. The molecule has 4 N–H and O–H groups in total. The Morgan fingerprint density at radius 1 is 0.662 bits per heavy atom. The van der Waals surface area contributed by atoms with Crippen molar-refractivity contribution in [2.24, 2.45) is 15.9 Å². The van der Waals surface area contributed by atoms with Crippen LogP contribution in [0.3, 0.4) is 0 Å². The summed E-state index contributed by atoms with van der Waals surface area (Å²) in [4.78, 5) is 32.8. The molecule has 0 aliphatic carbocycles. The summed E-state index contributed by atoms with van der Waals surface area (Å²) in [5.74, 6) is -2.68. The van der Waals surface area contributed by atoms with E-state index in [0.29, 0.717) is 65.0 Å². The number of sulfonamides is 2. The largest absolute Gasteiger partial charge is 0.516 e. The molecule has 2 aliphatic heterocycles. The van der Waals surface area contributed by atoms with E-state index < -0.39 is 61.8 Å². The molecule has 8 rings (SSSR count). The fourth-order valence-electron chi connectivity index (χ4n) is 7.23. The van der Waals surface area contributed by atoms with E-state index in [1.165, 1.54) is 30.3 Å². The van der Waals surface area contributed by atoms with E-state index >= 15 is 0 Å². The molecular weight excluding hydrogens is 1060 g/mol. The molecular formula is C44H47ClF8N12O7S2. The number of nitrogens with two attached hydrogens (primary N) is 1. The van der Waals surface area contributed by atoms with Crippen LogP contribution in [-0.4, -0.2) is 111 Å². The highest BCUT2D eigenvalue weighted by atomic mass is 35.5. The number of aryl methyl sites for hydroxylation is 4. The summed E-state index contributed by atoms with van der Waals surface area (Å²) >= 11 is 0. The Kier molecular flexibility index (Phi) is 17.9. The highest BCUT2D eigenvalue weighted by Crippen LogP contribution is 2.30. The van der Waals surface area contributed by atoms with Crippen molar-refractivity contribution in [2.45, 2.75) is 64.6 Å². The third-order valence-corrected chi connectivity index (χ3v) is 13.9. The third-order valence-electron chi connectivity index (χ3n) is 10.9. The van der Waals surface area contributed by atoms with E-state index in [-0.39, 0.29) is 70.2 Å². The molecule has 6 aromatic rings. The number of aromatic nitrogens is 4. The number of hydrazone groups is 2. The maximum Gasteiger partial charge on any atom is 0.516 e. The SMILES string of the molecule is CCc1nc2ccc(C)cn2c1C(=O)NCc1ccc(N2CCN(S(=O)(=O)C(F)(F)F)C=N2)c(F)c1.CCc1nc2ccc(C)cn2c1C(=O)O.Cl.NCc1ccc(N2CCN(S(=O)(=O)C(F)(F)F)C=N2)c(F)c1. The zero-order valence-corrected chi connectivity index (χ0v) is 41.9. The first-order valence-corrected chi connectivity index (χ1v) is 24.6. The van der Waals surface area contributed by atoms with Crippen molar-refractivity contribution in [2.75, 3.05) is 36.2 Å². The Hall–Kier alpha value is -7.11. The van der Waals surface area contributed by atoms with Gasteiger partial charge in [-0.25, -0.2) is 32.2 Å². The number of rotatable bonds is 11. The van der Waals surface area contributed by atoms with Crippen LogP contribution in [0, 0.1) is 25.5 Å². The Balaban J connectivity index is 0.000000226. The zero-order chi connectivity index (χ0) is 53.8. The molecule has 6 heterocycles. The number of amides is 1. The van der Waals surface area contributed by atoms with Crippen molar-refractivity contribution < 1.29 is 66.7 Å². The molecule has 0 fully saturated rings. The van der Waals surface area contributed by atoms with E-state index in [1.807, 2.05) is 58.2 Å². The number of hydrogen-bond donors (Lipinski definition) is 3. The molecule has 1 amide bonds. The average Bonchev–Trinajstić information content (AvgIpc) is 3.91. The van der Waals surface area contributed by atoms with Crippen LogP contribution in [0.25, 0.3) is 11.3 Å². The number of pyridine rings is 2. The van der Waals surface area contributed by atoms with Crippen molar-refractivity contribution in [1.29, 1.82) is 0 Å². The standard InChI is InChI=1S/C22H22F4N6O3S.C11H12F4N4O2S.C11H12N2O2.ClH/c1-3-17-20(31-12-14(2)4-7-19(31)29-17)21(33)27-11-15-5-6-18(16(23)10-15)32-9-8-30(13-28-32)36(34,35)22(24,25)26;12-9-5-8(6-16)1-2-10(9)19-4-3-18(7-17-19)22(20,21)11(13,14)15;1-3-8-10(11(14)15)13-6-7(2)4-5-9(13)12-8;/h4-7,10,12-13H,3,8-9,11H2,1-2H3,(H,27,33);1-2,5,7H,3-4,6,16H2;4-6H,3H2,1-2H3,(H,14,15);1H. The van der Waals surface area contributed by atoms with Crippen LogP contribution in [-0.2, 0) is 46.0 Å². The molecule has 2 aromatic carbocycles. The Bertz CT molecular complexity index is 3340. The second kappa shape index (κ2) is 23.0. The number of nitrogens with zero attached hydrogens (tertiary/aromatic N) is 10. The van der Waals surface area contributed by atoms with Gasteiger partial charge in [0.15, 0.2) is 5.69 Å². The molecule has 0 saturated carbocycles. The van der Waals surface area contributed by atoms with Crippen LogP contribution < -0.4 is 21.1 Å². The Labute approximate surface area is 424 Å². The van der Waals surface area contributed by atoms with Crippen LogP contribution in [0.1, 0.15) is 68.5 Å². The molecule has 30 heteroatoms. The summed E-state index contributed by atoms with van der Waals surface area (Å²) in [6.45, 7) is 6.22. The minimum Gasteiger partial charge on any atom is -0.477 e. The number of imidazole rings is 2. The quantitative estimate of drug-likeness (QED) is 0.115. The van der Waals surface area contributed by atoms with Crippen molar-refractivity contribution >= 4 is 79.7 Å². The van der Waals surface area contributed by atoms with E-state index in [9.17, 15) is 61.5 Å². The van der Waals surface area contributed by atoms with Crippen molar-refractivity contribution in [3.05, 3.63) is 130 Å². The molecule has 2 aliphatic rings. The number of carbonyl (C=O) groups is 2. The van der Waals surface area contributed by atoms with Crippen molar-refractivity contribution in [3.8, 4) is 0 Å². The number of carboxylic acid groups (broad SMARTS) is 1. The van der Waals surface area contributed by atoms with Gasteiger partial charge in [0.1, 0.15) is 41.3 Å². The zero-order valence-electron chi connectivity index (χ0n) is 39.4. The van der Waals surface area contributed by atoms with Gasteiger partial charge in [-0.2, -0.15) is 53.4 Å². The van der Waals surface area contributed by atoms with Crippen LogP contribution in [0.2, 0.25) is 0 Å². The van der Waals surface area contributed by atoms with Crippen molar-refractivity contribution in [1.82, 2.24) is 32.7 Å². The number of halogens is 9. The summed E-state index contributed by atoms with van der Waals surface area (Å²) in [5.41, 5.74) is 0.696. The lowest BCUT2D eigenvalue weighted by Crippen LogP contribution is -2.46. The molecule has 4 aromatic heterocycles. The Morgan fingerprint density at radius 3 is 1.46 bits per heavy atom. The minimum absolute atomic E-state index is 0. The molecule has 0 bridgehead atoms. The van der Waals surface area contributed by atoms with Gasteiger partial charge in [0.25, 0.3) is 5.91 Å². The van der Waals surface area contributed by atoms with E-state index in [4.69, 9.17) is 10.8 Å². The first-order chi connectivity index (χ1) is 34.2. The van der Waals surface area contributed by atoms with Gasteiger partial charge in [0.2, 0.25) is 0 Å². The molecule has 0 unspecified atom stereocenters. The number of anilines is 2. The number of carbonyl (C=O) groups excluding carboxylic acids is 1. The molecule has 74 heavy (non-hydrogen) atoms. The molecule has 19 nitrogen and oxygen atoms in total. The smallest absolute Gasteiger partial charge is 0.477 e. The first kappa shape index (κ1) is 57.8. The van der Waals surface area contributed by atoms with Gasteiger partial charge in [0.05, 0.1) is 48.9 Å². The predicted octanol–water partition coefficient (Wildman–Crippen LogP) is 6.71. The summed E-state index contributed by atoms with van der Waals surface area (Å²) < 4.78 is 153. The fraction of sp³-hybridized carbons (Fsp3) is 0.318. The molecule has 0 radical (unpaired) electrons. The number of hydrogen-bond acceptors (Lipinski definition) is 13. The Morgan fingerprint density at radius 2 is 1.08 bits per heavy atom. The van der Waals surface area contributed by atoms with Gasteiger partial charge < -0.3 is 16.2 Å². The monoisotopic (exact) mass is 1110 g/mol. The second-order valence-corrected chi connectivity index (χ2v) is 19.7. The number of carboxylic acids is 1. The highest BCUT2D eigenvalue weighted by Gasteiger charge is 2.51. The summed E-state index contributed by atoms with van der Waals surface area (Å²) in [5, 5.41) is 21.2. The summed E-state index contributed by atoms with van der Waals surface area (Å²) in [6.07, 6.45) is 5.80. The maximum atomic E-state index is 14.8. The lowest BCUT2D eigenvalue weighted by molar-refractivity contribution is -0.0477. The number of nitrogens with one attached hydrogen (secondary N) is 1. The normalized spacial score (nSPS) is 14.1. The molecule has 400 valence electrons. The average molecular weight is 1110 g/mol. The van der Waals surface area contributed by atoms with Crippen molar-refractivity contribution in [3.63, 3.8) is 0 Å². The molecule has 0 spiro atoms. The van der Waals surface area contributed by atoms with E-state index in [1.54, 1.807) is 21.1 Å². The van der Waals surface area contributed by atoms with Gasteiger partial charge in [-0.3, -0.25) is 23.6 Å². The van der Waals surface area contributed by atoms with Crippen LogP contribution >= 0.6 is 12.4 Å². The van der Waals surface area contributed by atoms with E-state index in [2.05, 4.69) is 25.5 Å². The maximum absolute atomic E-state index is 14.8. The van der Waals surface area contributed by atoms with Gasteiger partial charge in [-0.05, 0) is 85.3 Å². The van der Waals surface area contributed by atoms with Crippen LogP contribution in [0.5, 0.6) is 0 Å². The highest BCUT2D eigenvalue weighted by molar-refractivity contribution is 7.90. The topological polar surface area (TPSA) is 233 Å². The number of fused-ring (bicyclic) bond motifs is 2. The minimum atomic E-state index is -5.56. The summed E-state index contributed by atoms with van der Waals surface area (Å²) in [6, 6.07) is 15.6. The van der Waals surface area contributed by atoms with Gasteiger partial charge in [-0.1, -0.05) is 38.1 Å². The third kappa shape index (κ3) is 12.4. The lowest BCUT2D eigenvalue weighted by atomic mass is 10.1. The number of benzene rings is 2. The van der Waals surface area contributed by atoms with Gasteiger partial charge >= 0.3 is 37.0 Å². The van der Waals surface area contributed by atoms with Gasteiger partial charge in [-0.15, -0.1) is 12.4 Å². The van der Waals surface area contributed by atoms with E-state index in [0.717, 1.165) is 21.1 Å². The lowest BCUT2D eigenvalue weighted by Gasteiger charge is -2.29. The predicted molar refractivity (Wildman–Crippen MR) is 260 cm³/mol. The van der Waals surface area contributed by atoms with Crippen LogP contribution in [0.4, 0.5) is 46.5 Å². The number of alkyl halides is 6. The molecule has 0 atom stereocenters. The fourth-order valence-corrected chi connectivity index (χ4v) is 8.74. The van der Waals surface area contributed by atoms with Gasteiger partial charge in [0, 0.05) is 25.5 Å². The second-order valence-electron chi connectivity index (χ2n) is 16.0. The van der Waals surface area contributed by atoms with Crippen LogP contribution in [0.15, 0.2) is 83.3 Å². The molecule has 0 saturated heterocycles. The number of aromatic carboxylic acids is 1.